The van der Waals surface area contributed by atoms with Gasteiger partial charge in [0.25, 0.3) is 0 Å². The molecule has 1 fully saturated rings. The highest BCUT2D eigenvalue weighted by atomic mass is 32.1. The van der Waals surface area contributed by atoms with Crippen molar-refractivity contribution < 1.29 is 9.18 Å². The van der Waals surface area contributed by atoms with Crippen molar-refractivity contribution in [2.45, 2.75) is 33.1 Å². The number of benzene rings is 1. The van der Waals surface area contributed by atoms with E-state index in [1.54, 1.807) is 6.07 Å². The summed E-state index contributed by atoms with van der Waals surface area (Å²) in [7, 11) is 0. The summed E-state index contributed by atoms with van der Waals surface area (Å²) in [4.78, 5) is 19.0. The van der Waals surface area contributed by atoms with Crippen molar-refractivity contribution in [2.24, 2.45) is 11.8 Å². The molecule has 6 heteroatoms. The molecule has 3 rings (SSSR count). The van der Waals surface area contributed by atoms with Crippen LogP contribution in [0, 0.1) is 17.7 Å². The highest BCUT2D eigenvalue weighted by molar-refractivity contribution is 7.22. The summed E-state index contributed by atoms with van der Waals surface area (Å²) in [5.41, 5.74) is 0.838. The smallest absolute Gasteiger partial charge is 0.223 e. The number of nitrogens with one attached hydrogen (secondary N) is 1. The summed E-state index contributed by atoms with van der Waals surface area (Å²) in [5.74, 6) is 0.660. The Morgan fingerprint density at radius 2 is 2.17 bits per heavy atom. The fourth-order valence-electron chi connectivity index (χ4n) is 2.98. The number of fused-ring (bicyclic) bond motifs is 1. The predicted molar refractivity (Wildman–Crippen MR) is 97.0 cm³/mol. The van der Waals surface area contributed by atoms with Crippen LogP contribution in [0.25, 0.3) is 10.2 Å². The van der Waals surface area contributed by atoms with E-state index in [1.807, 2.05) is 0 Å². The maximum atomic E-state index is 13.3. The van der Waals surface area contributed by atoms with Crippen LogP contribution in [0.1, 0.15) is 33.1 Å². The van der Waals surface area contributed by atoms with Gasteiger partial charge in [0.15, 0.2) is 5.13 Å². The Labute approximate surface area is 146 Å². The van der Waals surface area contributed by atoms with Gasteiger partial charge >= 0.3 is 0 Å². The normalized spacial score (nSPS) is 16.1. The van der Waals surface area contributed by atoms with Crippen molar-refractivity contribution in [3.05, 3.63) is 24.0 Å². The third-order valence-corrected chi connectivity index (χ3v) is 5.58. The zero-order chi connectivity index (χ0) is 17.1. The van der Waals surface area contributed by atoms with Crippen LogP contribution >= 0.6 is 11.3 Å². The van der Waals surface area contributed by atoms with Gasteiger partial charge in [0, 0.05) is 25.6 Å². The number of amides is 1. The second-order valence-corrected chi connectivity index (χ2v) is 7.85. The number of aromatic nitrogens is 1. The van der Waals surface area contributed by atoms with E-state index >= 15 is 0 Å². The number of thiazole rings is 1. The quantitative estimate of drug-likeness (QED) is 0.893. The Kier molecular flexibility index (Phi) is 5.33. The van der Waals surface area contributed by atoms with Gasteiger partial charge in [-0.15, -0.1) is 0 Å². The first-order chi connectivity index (χ1) is 11.5. The zero-order valence-corrected chi connectivity index (χ0v) is 15.0. The molecular weight excluding hydrogens is 325 g/mol. The summed E-state index contributed by atoms with van der Waals surface area (Å²) >= 11 is 1.52. The van der Waals surface area contributed by atoms with E-state index in [4.69, 9.17) is 0 Å². The van der Waals surface area contributed by atoms with Crippen LogP contribution < -0.4 is 10.2 Å². The predicted octanol–water partition coefficient (Wildman–Crippen LogP) is 3.81. The van der Waals surface area contributed by atoms with E-state index in [0.717, 1.165) is 54.2 Å². The first-order valence-electron chi connectivity index (χ1n) is 8.61. The molecule has 1 aliphatic rings. The number of rotatable bonds is 5. The maximum absolute atomic E-state index is 13.3. The Morgan fingerprint density at radius 3 is 2.88 bits per heavy atom. The third-order valence-electron chi connectivity index (χ3n) is 4.50. The molecular formula is C18H24FN3OS. The molecule has 1 aliphatic heterocycles. The summed E-state index contributed by atoms with van der Waals surface area (Å²) in [6.45, 7) is 6.73. The molecule has 24 heavy (non-hydrogen) atoms. The van der Waals surface area contributed by atoms with Crippen molar-refractivity contribution >= 4 is 32.6 Å². The number of carbonyl (C=O) groups is 1. The van der Waals surface area contributed by atoms with E-state index in [-0.39, 0.29) is 17.6 Å². The molecule has 130 valence electrons. The fourth-order valence-corrected chi connectivity index (χ4v) is 4.03. The van der Waals surface area contributed by atoms with Crippen LogP contribution in [-0.2, 0) is 4.79 Å². The number of nitrogens with zero attached hydrogens (tertiary/aromatic N) is 2. The molecule has 1 aromatic heterocycles. The van der Waals surface area contributed by atoms with Crippen LogP contribution in [0.15, 0.2) is 18.2 Å². The molecule has 0 radical (unpaired) electrons. The highest BCUT2D eigenvalue weighted by Gasteiger charge is 2.26. The van der Waals surface area contributed by atoms with Crippen molar-refractivity contribution in [1.82, 2.24) is 10.3 Å². The largest absolute Gasteiger partial charge is 0.356 e. The lowest BCUT2D eigenvalue weighted by molar-refractivity contribution is -0.125. The van der Waals surface area contributed by atoms with Crippen LogP contribution in [-0.4, -0.2) is 30.5 Å². The standard InChI is InChI=1S/C18H24FN3OS/c1-12(2)5-8-20-17(23)13-6-9-22(10-7-13)18-21-15-4-3-14(19)11-16(15)24-18/h3-4,11-13H,5-10H2,1-2H3,(H,20,23). The molecule has 0 aliphatic carbocycles. The maximum Gasteiger partial charge on any atom is 0.223 e. The number of hydrogen-bond donors (Lipinski definition) is 1. The summed E-state index contributed by atoms with van der Waals surface area (Å²) in [6.07, 6.45) is 2.71. The lowest BCUT2D eigenvalue weighted by Crippen LogP contribution is -2.40. The third kappa shape index (κ3) is 4.04. The highest BCUT2D eigenvalue weighted by Crippen LogP contribution is 2.31. The van der Waals surface area contributed by atoms with E-state index in [0.29, 0.717) is 5.92 Å². The first kappa shape index (κ1) is 17.1. The van der Waals surface area contributed by atoms with Crippen LogP contribution in [0.3, 0.4) is 0 Å². The molecule has 0 unspecified atom stereocenters. The molecule has 4 nitrogen and oxygen atoms in total. The van der Waals surface area contributed by atoms with Gasteiger partial charge in [-0.05, 0) is 43.4 Å². The number of carbonyl (C=O) groups excluding carboxylic acids is 1. The molecule has 0 saturated carbocycles. The van der Waals surface area contributed by atoms with Gasteiger partial charge in [-0.2, -0.15) is 0 Å². The average Bonchev–Trinajstić information content (AvgIpc) is 2.97. The fraction of sp³-hybridized carbons (Fsp3) is 0.556. The van der Waals surface area contributed by atoms with Crippen molar-refractivity contribution in [3.8, 4) is 0 Å². The Morgan fingerprint density at radius 1 is 1.42 bits per heavy atom. The van der Waals surface area contributed by atoms with Gasteiger partial charge in [-0.3, -0.25) is 4.79 Å². The summed E-state index contributed by atoms with van der Waals surface area (Å²) < 4.78 is 14.2. The van der Waals surface area contributed by atoms with Gasteiger partial charge in [0.2, 0.25) is 5.91 Å². The van der Waals surface area contributed by atoms with Gasteiger partial charge in [-0.1, -0.05) is 25.2 Å². The minimum atomic E-state index is -0.227. The molecule has 1 amide bonds. The molecule has 0 atom stereocenters. The van der Waals surface area contributed by atoms with Gasteiger partial charge in [-0.25, -0.2) is 9.37 Å². The number of piperidine rings is 1. The molecule has 1 N–H and O–H groups in total. The van der Waals surface area contributed by atoms with Crippen LogP contribution in [0.5, 0.6) is 0 Å². The number of halogens is 1. The minimum absolute atomic E-state index is 0.0974. The van der Waals surface area contributed by atoms with Crippen LogP contribution in [0.4, 0.5) is 9.52 Å². The Balaban J connectivity index is 1.55. The van der Waals surface area contributed by atoms with Gasteiger partial charge < -0.3 is 10.2 Å². The molecule has 0 spiro atoms. The molecule has 1 saturated heterocycles. The van der Waals surface area contributed by atoms with E-state index in [1.165, 1.54) is 23.5 Å². The van der Waals surface area contributed by atoms with E-state index in [2.05, 4.69) is 29.0 Å². The SMILES string of the molecule is CC(C)CCNC(=O)C1CCN(c2nc3ccc(F)cc3s2)CC1. The zero-order valence-electron chi connectivity index (χ0n) is 14.2. The van der Waals surface area contributed by atoms with E-state index < -0.39 is 0 Å². The second kappa shape index (κ2) is 7.47. The molecule has 0 bridgehead atoms. The molecule has 1 aromatic carbocycles. The molecule has 2 heterocycles. The van der Waals surface area contributed by atoms with E-state index in [9.17, 15) is 9.18 Å². The first-order valence-corrected chi connectivity index (χ1v) is 9.43. The second-order valence-electron chi connectivity index (χ2n) is 6.84. The van der Waals surface area contributed by atoms with Gasteiger partial charge in [0.1, 0.15) is 5.82 Å². The van der Waals surface area contributed by atoms with Crippen molar-refractivity contribution in [1.29, 1.82) is 0 Å². The summed E-state index contributed by atoms with van der Waals surface area (Å²) in [6, 6.07) is 4.70. The number of hydrogen-bond acceptors (Lipinski definition) is 4. The van der Waals surface area contributed by atoms with Crippen LogP contribution in [0.2, 0.25) is 0 Å². The Hall–Kier alpha value is -1.69. The van der Waals surface area contributed by atoms with Crippen molar-refractivity contribution in [3.63, 3.8) is 0 Å². The van der Waals surface area contributed by atoms with Crippen molar-refractivity contribution in [2.75, 3.05) is 24.5 Å². The summed E-state index contributed by atoms with van der Waals surface area (Å²) in [5, 5.41) is 3.98. The Bertz CT molecular complexity index is 707. The molecule has 2 aromatic rings. The monoisotopic (exact) mass is 349 g/mol. The number of anilines is 1. The van der Waals surface area contributed by atoms with Gasteiger partial charge in [0.05, 0.1) is 10.2 Å². The minimum Gasteiger partial charge on any atom is -0.356 e. The lowest BCUT2D eigenvalue weighted by Gasteiger charge is -2.31. The lowest BCUT2D eigenvalue weighted by atomic mass is 9.96. The average molecular weight is 349 g/mol. The topological polar surface area (TPSA) is 45.2 Å².